The van der Waals surface area contributed by atoms with Crippen LogP contribution in [0, 0.1) is 0 Å². The lowest BCUT2D eigenvalue weighted by Crippen LogP contribution is -2.56. The number of benzene rings is 2. The highest BCUT2D eigenvalue weighted by molar-refractivity contribution is 7.15. The Morgan fingerprint density at radius 2 is 1.66 bits per heavy atom. The molecule has 2 aromatic carbocycles. The summed E-state index contributed by atoms with van der Waals surface area (Å²) in [4.78, 5) is 43.0. The molecule has 1 atom stereocenters. The first-order valence-electron chi connectivity index (χ1n) is 11.3. The van der Waals surface area contributed by atoms with Gasteiger partial charge in [0.1, 0.15) is 12.1 Å². The van der Waals surface area contributed by atoms with E-state index >= 15 is 0 Å². The van der Waals surface area contributed by atoms with Gasteiger partial charge >= 0.3 is 12.1 Å². The molecule has 0 aliphatic rings. The van der Waals surface area contributed by atoms with E-state index in [1.807, 2.05) is 38.1 Å². The van der Waals surface area contributed by atoms with Gasteiger partial charge in [0.15, 0.2) is 5.13 Å². The number of nitrogens with one attached hydrogen (secondary N) is 2. The number of aromatic nitrogens is 1. The second-order valence-electron chi connectivity index (χ2n) is 8.51. The van der Waals surface area contributed by atoms with Gasteiger partial charge in [0.2, 0.25) is 5.91 Å². The normalized spacial score (nSPS) is 12.5. The van der Waals surface area contributed by atoms with Crippen LogP contribution in [-0.4, -0.2) is 33.6 Å². The highest BCUT2D eigenvalue weighted by atomic mass is 32.1. The van der Waals surface area contributed by atoms with Gasteiger partial charge in [0, 0.05) is 23.9 Å². The molecule has 184 valence electrons. The van der Waals surface area contributed by atoms with Crippen LogP contribution in [0.1, 0.15) is 48.6 Å². The molecule has 2 amide bonds. The third-order valence-electron chi connectivity index (χ3n) is 5.43. The number of nitrogens with zero attached hydrogens (tertiary/aromatic N) is 1. The van der Waals surface area contributed by atoms with Gasteiger partial charge in [-0.2, -0.15) is 0 Å². The van der Waals surface area contributed by atoms with E-state index in [1.54, 1.807) is 42.6 Å². The monoisotopic (exact) mass is 495 g/mol. The number of carbonyl (C=O) groups is 3. The molecule has 0 aliphatic heterocycles. The lowest BCUT2D eigenvalue weighted by molar-refractivity contribution is -0.145. The molecular weight excluding hydrogens is 466 g/mol. The number of hydrogen-bond acceptors (Lipinski definition) is 6. The van der Waals surface area contributed by atoms with Crippen LogP contribution in [0.15, 0.2) is 66.9 Å². The fourth-order valence-corrected chi connectivity index (χ4v) is 4.28. The Morgan fingerprint density at radius 3 is 2.23 bits per heavy atom. The summed E-state index contributed by atoms with van der Waals surface area (Å²) in [6, 6.07) is 18.0. The predicted octanol–water partition coefficient (Wildman–Crippen LogP) is 4.98. The third kappa shape index (κ3) is 7.65. The summed E-state index contributed by atoms with van der Waals surface area (Å²) < 4.78 is 5.28. The largest absolute Gasteiger partial charge is 0.479 e. The molecular formula is C26H29N3O5S. The number of thiazole rings is 1. The molecule has 1 heterocycles. The van der Waals surface area contributed by atoms with E-state index in [2.05, 4.69) is 15.6 Å². The quantitative estimate of drug-likeness (QED) is 0.345. The lowest BCUT2D eigenvalue weighted by atomic mass is 9.86. The summed E-state index contributed by atoms with van der Waals surface area (Å²) in [5.74, 6) is -1.34. The van der Waals surface area contributed by atoms with Gasteiger partial charge in [0.25, 0.3) is 0 Å². The Hall–Kier alpha value is -3.72. The van der Waals surface area contributed by atoms with Crippen molar-refractivity contribution in [1.82, 2.24) is 10.3 Å². The van der Waals surface area contributed by atoms with Crippen molar-refractivity contribution >= 4 is 34.4 Å². The van der Waals surface area contributed by atoms with E-state index in [0.29, 0.717) is 10.7 Å². The molecule has 0 bridgehead atoms. The van der Waals surface area contributed by atoms with Gasteiger partial charge in [-0.1, -0.05) is 74.5 Å². The first kappa shape index (κ1) is 25.9. The fraction of sp³-hybridized carbons (Fsp3) is 0.308. The highest BCUT2D eigenvalue weighted by Crippen LogP contribution is 2.26. The Morgan fingerprint density at radius 1 is 1.03 bits per heavy atom. The van der Waals surface area contributed by atoms with Crippen molar-refractivity contribution in [1.29, 1.82) is 0 Å². The van der Waals surface area contributed by atoms with Crippen molar-refractivity contribution in [2.45, 2.75) is 51.2 Å². The van der Waals surface area contributed by atoms with Crippen LogP contribution >= 0.6 is 11.3 Å². The predicted molar refractivity (Wildman–Crippen MR) is 134 cm³/mol. The summed E-state index contributed by atoms with van der Waals surface area (Å²) in [5, 5.41) is 15.9. The van der Waals surface area contributed by atoms with Crippen molar-refractivity contribution < 1.29 is 24.2 Å². The number of carboxylic acids is 1. The van der Waals surface area contributed by atoms with Crippen molar-refractivity contribution in [3.05, 3.63) is 82.9 Å². The second-order valence-corrected chi connectivity index (χ2v) is 9.57. The molecule has 0 aliphatic carbocycles. The minimum absolute atomic E-state index is 0.00354. The number of anilines is 1. The molecule has 8 nitrogen and oxygen atoms in total. The molecule has 0 spiro atoms. The molecule has 0 saturated carbocycles. The van der Waals surface area contributed by atoms with Gasteiger partial charge in [0.05, 0.1) is 0 Å². The summed E-state index contributed by atoms with van der Waals surface area (Å²) in [6.45, 7) is 4.06. The molecule has 3 rings (SSSR count). The first-order chi connectivity index (χ1) is 16.8. The second kappa shape index (κ2) is 12.1. The summed E-state index contributed by atoms with van der Waals surface area (Å²) in [7, 11) is 0. The van der Waals surface area contributed by atoms with Crippen molar-refractivity contribution in [2.75, 3.05) is 5.32 Å². The highest BCUT2D eigenvalue weighted by Gasteiger charge is 2.41. The molecule has 1 unspecified atom stereocenters. The smallest absolute Gasteiger partial charge is 0.408 e. The van der Waals surface area contributed by atoms with E-state index in [4.69, 9.17) is 4.74 Å². The summed E-state index contributed by atoms with van der Waals surface area (Å²) in [6.07, 6.45) is 0.576. The van der Waals surface area contributed by atoms with Crippen LogP contribution in [0.4, 0.5) is 9.93 Å². The van der Waals surface area contributed by atoms with Gasteiger partial charge in [-0.05, 0) is 23.5 Å². The topological polar surface area (TPSA) is 118 Å². The van der Waals surface area contributed by atoms with Crippen LogP contribution < -0.4 is 10.6 Å². The van der Waals surface area contributed by atoms with Crippen LogP contribution in [0.25, 0.3) is 0 Å². The Bertz CT molecular complexity index is 1130. The standard InChI is InChI=1S/C26H29N3O5S/c1-18(2)21-16-27-24(35-21)28-22(30)13-14-26(23(31)32,15-19-9-5-3-6-10-19)29-25(33)34-17-20-11-7-4-8-12-20/h3-12,16,18H,13-15,17H2,1-2H3,(H,29,33)(H,31,32)(H,27,28,30). The maximum Gasteiger partial charge on any atom is 0.408 e. The van der Waals surface area contributed by atoms with Gasteiger partial charge in [-0.25, -0.2) is 14.6 Å². The average Bonchev–Trinajstić information content (AvgIpc) is 3.31. The molecule has 1 aromatic heterocycles. The average molecular weight is 496 g/mol. The number of rotatable bonds is 11. The molecule has 0 radical (unpaired) electrons. The SMILES string of the molecule is CC(C)c1cnc(NC(=O)CCC(Cc2ccccc2)(NC(=O)OCc2ccccc2)C(=O)O)s1. The minimum atomic E-state index is -1.74. The molecule has 35 heavy (non-hydrogen) atoms. The number of alkyl carbamates (subject to hydrolysis) is 1. The maximum atomic E-state index is 12.6. The van der Waals surface area contributed by atoms with Crippen LogP contribution in [0.3, 0.4) is 0 Å². The molecule has 0 fully saturated rings. The number of hydrogen-bond donors (Lipinski definition) is 3. The number of amides is 2. The molecule has 9 heteroatoms. The van der Waals surface area contributed by atoms with Crippen LogP contribution in [0.5, 0.6) is 0 Å². The zero-order valence-electron chi connectivity index (χ0n) is 19.7. The zero-order chi connectivity index (χ0) is 25.3. The summed E-state index contributed by atoms with van der Waals surface area (Å²) >= 11 is 1.38. The van der Waals surface area contributed by atoms with Crippen molar-refractivity contribution in [2.24, 2.45) is 0 Å². The van der Waals surface area contributed by atoms with E-state index in [0.717, 1.165) is 10.4 Å². The lowest BCUT2D eigenvalue weighted by Gasteiger charge is -2.30. The summed E-state index contributed by atoms with van der Waals surface area (Å²) in [5.41, 5.74) is -0.256. The van der Waals surface area contributed by atoms with Crippen LogP contribution in [-0.2, 0) is 27.4 Å². The molecule has 3 N–H and O–H groups in total. The van der Waals surface area contributed by atoms with Crippen molar-refractivity contribution in [3.63, 3.8) is 0 Å². The number of carboxylic acid groups (broad SMARTS) is 1. The van der Waals surface area contributed by atoms with Crippen LogP contribution in [0.2, 0.25) is 0 Å². The van der Waals surface area contributed by atoms with E-state index in [-0.39, 0.29) is 37.7 Å². The maximum absolute atomic E-state index is 12.6. The number of carbonyl (C=O) groups excluding carboxylic acids is 2. The van der Waals surface area contributed by atoms with Crippen molar-refractivity contribution in [3.8, 4) is 0 Å². The fourth-order valence-electron chi connectivity index (χ4n) is 3.45. The first-order valence-corrected chi connectivity index (χ1v) is 12.1. The van der Waals surface area contributed by atoms with E-state index in [9.17, 15) is 19.5 Å². The van der Waals surface area contributed by atoms with Gasteiger partial charge in [-0.3, -0.25) is 4.79 Å². The van der Waals surface area contributed by atoms with E-state index in [1.165, 1.54) is 11.3 Å². The zero-order valence-corrected chi connectivity index (χ0v) is 20.5. The molecule has 0 saturated heterocycles. The third-order valence-corrected chi connectivity index (χ3v) is 6.64. The Balaban J connectivity index is 1.71. The van der Waals surface area contributed by atoms with E-state index < -0.39 is 17.6 Å². The minimum Gasteiger partial charge on any atom is -0.479 e. The number of aliphatic carboxylic acids is 1. The van der Waals surface area contributed by atoms with Gasteiger partial charge in [-0.15, -0.1) is 11.3 Å². The Kier molecular flexibility index (Phi) is 8.97. The van der Waals surface area contributed by atoms with Gasteiger partial charge < -0.3 is 20.5 Å². The number of ether oxygens (including phenoxy) is 1. The Labute approximate surface area is 208 Å². The molecule has 3 aromatic rings.